The average molecular weight is 298 g/mol. The van der Waals surface area contributed by atoms with Gasteiger partial charge in [-0.3, -0.25) is 4.79 Å². The lowest BCUT2D eigenvalue weighted by Crippen LogP contribution is -2.31. The predicted molar refractivity (Wildman–Crippen MR) is 69.0 cm³/mol. The van der Waals surface area contributed by atoms with Crippen molar-refractivity contribution in [2.75, 3.05) is 11.9 Å². The highest BCUT2D eigenvalue weighted by Gasteiger charge is 2.26. The Balaban J connectivity index is 1.84. The summed E-state index contributed by atoms with van der Waals surface area (Å²) in [5.41, 5.74) is 0.577. The van der Waals surface area contributed by atoms with Gasteiger partial charge in [-0.1, -0.05) is 22.4 Å². The first-order chi connectivity index (χ1) is 8.31. The monoisotopic (exact) mass is 297 g/mol. The maximum absolute atomic E-state index is 11.8. The van der Waals surface area contributed by atoms with E-state index in [-0.39, 0.29) is 5.91 Å². The fourth-order valence-corrected chi connectivity index (χ4v) is 3.19. The Morgan fingerprint density at radius 2 is 2.24 bits per heavy atom. The zero-order valence-corrected chi connectivity index (χ0v) is 11.2. The van der Waals surface area contributed by atoms with Gasteiger partial charge in [0.1, 0.15) is 0 Å². The molecule has 2 unspecified atom stereocenters. The third-order valence-electron chi connectivity index (χ3n) is 3.39. The van der Waals surface area contributed by atoms with Crippen molar-refractivity contribution >= 4 is 21.8 Å². The Kier molecular flexibility index (Phi) is 4.48. The molecule has 1 fully saturated rings. The lowest BCUT2D eigenvalue weighted by molar-refractivity contribution is 0.0944. The van der Waals surface area contributed by atoms with E-state index in [0.29, 0.717) is 17.4 Å². The predicted octanol–water partition coefficient (Wildman–Crippen LogP) is 2.02. The van der Waals surface area contributed by atoms with Crippen LogP contribution in [-0.2, 0) is 0 Å². The molecule has 0 bridgehead atoms. The summed E-state index contributed by atoms with van der Waals surface area (Å²) in [6.45, 7) is 0.761. The first kappa shape index (κ1) is 12.5. The van der Waals surface area contributed by atoms with E-state index in [1.165, 1.54) is 31.7 Å². The van der Waals surface area contributed by atoms with Gasteiger partial charge in [0.15, 0.2) is 0 Å². The Morgan fingerprint density at radius 3 is 2.94 bits per heavy atom. The summed E-state index contributed by atoms with van der Waals surface area (Å²) in [6, 6.07) is 1.68. The molecule has 0 spiro atoms. The number of hydrogen-bond donors (Lipinski definition) is 1. The number of carbonyl (C=O) groups is 1. The van der Waals surface area contributed by atoms with Crippen molar-refractivity contribution in [2.45, 2.75) is 19.3 Å². The second kappa shape index (κ2) is 6.10. The van der Waals surface area contributed by atoms with Crippen LogP contribution in [0.15, 0.2) is 18.5 Å². The summed E-state index contributed by atoms with van der Waals surface area (Å²) in [6.07, 6.45) is 6.78. The molecular formula is C12H16BrN3O. The normalized spacial score (nSPS) is 23.6. The van der Waals surface area contributed by atoms with Gasteiger partial charge in [0.2, 0.25) is 0 Å². The molecule has 1 saturated carbocycles. The molecule has 4 nitrogen and oxygen atoms in total. The van der Waals surface area contributed by atoms with Crippen LogP contribution >= 0.6 is 15.9 Å². The molecule has 1 aromatic heterocycles. The molecule has 1 aromatic rings. The molecule has 1 N–H and O–H groups in total. The Morgan fingerprint density at radius 1 is 1.41 bits per heavy atom. The summed E-state index contributed by atoms with van der Waals surface area (Å²) in [5, 5.41) is 11.4. The number of carbonyl (C=O) groups excluding carboxylic acids is 1. The standard InChI is InChI=1S/C12H16BrN3O/c13-6-9-2-1-3-10(9)7-14-12(17)11-4-5-15-16-8-11/h4-5,8-10H,1-3,6-7H2,(H,14,17). The van der Waals surface area contributed by atoms with E-state index in [9.17, 15) is 4.79 Å². The van der Waals surface area contributed by atoms with Gasteiger partial charge in [-0.05, 0) is 30.7 Å². The first-order valence-electron chi connectivity index (χ1n) is 5.92. The van der Waals surface area contributed by atoms with Crippen LogP contribution in [0.2, 0.25) is 0 Å². The number of alkyl halides is 1. The third-order valence-corrected chi connectivity index (χ3v) is 4.22. The van der Waals surface area contributed by atoms with Gasteiger partial charge in [0, 0.05) is 11.9 Å². The van der Waals surface area contributed by atoms with E-state index in [4.69, 9.17) is 0 Å². The van der Waals surface area contributed by atoms with Crippen LogP contribution in [0.3, 0.4) is 0 Å². The second-order valence-corrected chi connectivity index (χ2v) is 5.09. The van der Waals surface area contributed by atoms with Crippen molar-refractivity contribution < 1.29 is 4.79 Å². The van der Waals surface area contributed by atoms with Crippen molar-refractivity contribution in [1.82, 2.24) is 15.5 Å². The van der Waals surface area contributed by atoms with E-state index >= 15 is 0 Å². The summed E-state index contributed by atoms with van der Waals surface area (Å²) < 4.78 is 0. The van der Waals surface area contributed by atoms with Crippen LogP contribution in [-0.4, -0.2) is 28.0 Å². The van der Waals surface area contributed by atoms with Crippen molar-refractivity contribution in [1.29, 1.82) is 0 Å². The van der Waals surface area contributed by atoms with Crippen LogP contribution in [0.5, 0.6) is 0 Å². The van der Waals surface area contributed by atoms with Gasteiger partial charge in [-0.25, -0.2) is 0 Å². The lowest BCUT2D eigenvalue weighted by atomic mass is 9.98. The molecule has 0 saturated heterocycles. The lowest BCUT2D eigenvalue weighted by Gasteiger charge is -2.17. The summed E-state index contributed by atoms with van der Waals surface area (Å²) in [7, 11) is 0. The summed E-state index contributed by atoms with van der Waals surface area (Å²) in [4.78, 5) is 11.8. The molecule has 0 aliphatic heterocycles. The van der Waals surface area contributed by atoms with Crippen molar-refractivity contribution in [3.05, 3.63) is 24.0 Å². The molecule has 92 valence electrons. The Bertz CT molecular complexity index is 371. The molecule has 5 heteroatoms. The highest BCUT2D eigenvalue weighted by molar-refractivity contribution is 9.09. The third kappa shape index (κ3) is 3.25. The molecule has 1 heterocycles. The van der Waals surface area contributed by atoms with Crippen LogP contribution in [0, 0.1) is 11.8 Å². The largest absolute Gasteiger partial charge is 0.352 e. The highest BCUT2D eigenvalue weighted by Crippen LogP contribution is 2.32. The first-order valence-corrected chi connectivity index (χ1v) is 7.04. The quantitative estimate of drug-likeness (QED) is 0.865. The molecule has 2 rings (SSSR count). The Hall–Kier alpha value is -0.970. The number of aromatic nitrogens is 2. The van der Waals surface area contributed by atoms with Crippen LogP contribution in [0.4, 0.5) is 0 Å². The van der Waals surface area contributed by atoms with Crippen molar-refractivity contribution in [3.63, 3.8) is 0 Å². The number of nitrogens with one attached hydrogen (secondary N) is 1. The molecule has 0 aromatic carbocycles. The summed E-state index contributed by atoms with van der Waals surface area (Å²) in [5.74, 6) is 1.25. The zero-order chi connectivity index (χ0) is 12.1. The molecular weight excluding hydrogens is 282 g/mol. The minimum Gasteiger partial charge on any atom is -0.352 e. The van der Waals surface area contributed by atoms with Gasteiger partial charge in [-0.15, -0.1) is 0 Å². The second-order valence-electron chi connectivity index (χ2n) is 4.45. The van der Waals surface area contributed by atoms with Crippen molar-refractivity contribution in [3.8, 4) is 0 Å². The number of halogens is 1. The number of nitrogens with zero attached hydrogens (tertiary/aromatic N) is 2. The minimum atomic E-state index is -0.0554. The van der Waals surface area contributed by atoms with Crippen molar-refractivity contribution in [2.24, 2.45) is 11.8 Å². The van der Waals surface area contributed by atoms with Crippen LogP contribution in [0.25, 0.3) is 0 Å². The van der Waals surface area contributed by atoms with Crippen LogP contribution in [0.1, 0.15) is 29.6 Å². The fraction of sp³-hybridized carbons (Fsp3) is 0.583. The van der Waals surface area contributed by atoms with Gasteiger partial charge in [0.05, 0.1) is 18.0 Å². The molecule has 2 atom stereocenters. The zero-order valence-electron chi connectivity index (χ0n) is 9.60. The van der Waals surface area contributed by atoms with Gasteiger partial charge in [-0.2, -0.15) is 10.2 Å². The fourth-order valence-electron chi connectivity index (χ4n) is 2.34. The minimum absolute atomic E-state index is 0.0554. The Labute approximate surface area is 109 Å². The van der Waals surface area contributed by atoms with E-state index in [2.05, 4.69) is 31.4 Å². The SMILES string of the molecule is O=C(NCC1CCCC1CBr)c1ccnnc1. The topological polar surface area (TPSA) is 54.9 Å². The van der Waals surface area contributed by atoms with Crippen LogP contribution < -0.4 is 5.32 Å². The van der Waals surface area contributed by atoms with Gasteiger partial charge in [0.25, 0.3) is 5.91 Å². The van der Waals surface area contributed by atoms with E-state index < -0.39 is 0 Å². The van der Waals surface area contributed by atoms with E-state index in [1.807, 2.05) is 0 Å². The molecule has 17 heavy (non-hydrogen) atoms. The smallest absolute Gasteiger partial charge is 0.252 e. The van der Waals surface area contributed by atoms with E-state index in [0.717, 1.165) is 11.9 Å². The molecule has 1 aliphatic rings. The van der Waals surface area contributed by atoms with E-state index in [1.54, 1.807) is 6.07 Å². The maximum atomic E-state index is 11.8. The number of hydrogen-bond acceptors (Lipinski definition) is 3. The number of rotatable bonds is 4. The molecule has 0 radical (unpaired) electrons. The number of amides is 1. The maximum Gasteiger partial charge on any atom is 0.252 e. The molecule has 1 aliphatic carbocycles. The average Bonchev–Trinajstić information content (AvgIpc) is 2.84. The van der Waals surface area contributed by atoms with Gasteiger partial charge < -0.3 is 5.32 Å². The highest BCUT2D eigenvalue weighted by atomic mass is 79.9. The molecule has 1 amide bonds. The van der Waals surface area contributed by atoms with Gasteiger partial charge >= 0.3 is 0 Å². The summed E-state index contributed by atoms with van der Waals surface area (Å²) >= 11 is 3.54.